The zero-order valence-corrected chi connectivity index (χ0v) is 11.8. The lowest BCUT2D eigenvalue weighted by atomic mass is 9.92. The molecule has 1 amide bonds. The molecule has 0 radical (unpaired) electrons. The first-order valence-electron chi connectivity index (χ1n) is 7.06. The molecule has 0 bridgehead atoms. The third-order valence-corrected chi connectivity index (χ3v) is 3.93. The van der Waals surface area contributed by atoms with Gasteiger partial charge in [-0.05, 0) is 37.8 Å². The van der Waals surface area contributed by atoms with Gasteiger partial charge in [0.2, 0.25) is 5.91 Å². The Balaban J connectivity index is 2.11. The number of benzene rings is 1. The highest BCUT2D eigenvalue weighted by molar-refractivity contribution is 5.74. The van der Waals surface area contributed by atoms with Crippen molar-refractivity contribution in [1.29, 1.82) is 0 Å². The molecule has 1 aromatic rings. The number of amides is 1. The van der Waals surface area contributed by atoms with Crippen LogP contribution in [0.25, 0.3) is 0 Å². The van der Waals surface area contributed by atoms with E-state index in [1.807, 2.05) is 6.07 Å². The Morgan fingerprint density at radius 1 is 1.45 bits per heavy atom. The Kier molecular flexibility index (Phi) is 4.60. The zero-order chi connectivity index (χ0) is 14.7. The van der Waals surface area contributed by atoms with E-state index in [0.29, 0.717) is 17.9 Å². The summed E-state index contributed by atoms with van der Waals surface area (Å²) < 4.78 is 13.9. The summed E-state index contributed by atoms with van der Waals surface area (Å²) in [6.45, 7) is 3.41. The van der Waals surface area contributed by atoms with Gasteiger partial charge in [0.05, 0.1) is 0 Å². The summed E-state index contributed by atoms with van der Waals surface area (Å²) in [5, 5.41) is 0. The number of carbonyl (C=O) groups excluding carboxylic acids is 1. The van der Waals surface area contributed by atoms with Crippen LogP contribution in [0.15, 0.2) is 18.2 Å². The molecule has 0 aromatic heterocycles. The van der Waals surface area contributed by atoms with Crippen LogP contribution in [0.4, 0.5) is 10.1 Å². The molecule has 110 valence electrons. The number of hydrogen-bond donors (Lipinski definition) is 2. The van der Waals surface area contributed by atoms with Crippen molar-refractivity contribution in [3.05, 3.63) is 29.6 Å². The highest BCUT2D eigenvalue weighted by atomic mass is 19.1. The molecule has 1 unspecified atom stereocenters. The van der Waals surface area contributed by atoms with Crippen molar-refractivity contribution in [2.24, 2.45) is 17.4 Å². The van der Waals surface area contributed by atoms with Crippen LogP contribution in [0, 0.1) is 11.7 Å². The average Bonchev–Trinajstić information content (AvgIpc) is 2.38. The molecule has 0 aliphatic carbocycles. The second-order valence-corrected chi connectivity index (χ2v) is 5.56. The summed E-state index contributed by atoms with van der Waals surface area (Å²) >= 11 is 0. The van der Waals surface area contributed by atoms with Crippen LogP contribution in [0.2, 0.25) is 0 Å². The van der Waals surface area contributed by atoms with Gasteiger partial charge in [-0.25, -0.2) is 4.39 Å². The van der Waals surface area contributed by atoms with Crippen molar-refractivity contribution in [1.82, 2.24) is 0 Å². The standard InChI is InChI=1S/C15H22FN3O/c1-10(17)15-12(16)3-2-4-13(15)19-7-5-11(6-8-19)9-14(18)20/h2-4,10-11H,5-9,17H2,1H3,(H2,18,20). The molecule has 4 N–H and O–H groups in total. The molecule has 1 heterocycles. The minimum atomic E-state index is -0.338. The van der Waals surface area contributed by atoms with E-state index in [1.54, 1.807) is 13.0 Å². The lowest BCUT2D eigenvalue weighted by molar-refractivity contribution is -0.119. The van der Waals surface area contributed by atoms with Crippen molar-refractivity contribution in [2.45, 2.75) is 32.2 Å². The molecule has 0 saturated carbocycles. The minimum Gasteiger partial charge on any atom is -0.371 e. The van der Waals surface area contributed by atoms with E-state index < -0.39 is 0 Å². The fourth-order valence-corrected chi connectivity index (χ4v) is 2.91. The van der Waals surface area contributed by atoms with Crippen LogP contribution >= 0.6 is 0 Å². The van der Waals surface area contributed by atoms with Crippen LogP contribution in [-0.4, -0.2) is 19.0 Å². The van der Waals surface area contributed by atoms with Crippen LogP contribution in [-0.2, 0) is 4.79 Å². The van der Waals surface area contributed by atoms with Gasteiger partial charge in [0, 0.05) is 36.8 Å². The SMILES string of the molecule is CC(N)c1c(F)cccc1N1CCC(CC(N)=O)CC1. The molecule has 0 spiro atoms. The number of halogens is 1. The van der Waals surface area contributed by atoms with Crippen molar-refractivity contribution in [2.75, 3.05) is 18.0 Å². The number of primary amides is 1. The first-order valence-corrected chi connectivity index (χ1v) is 7.06. The van der Waals surface area contributed by atoms with Crippen LogP contribution in [0.1, 0.15) is 37.8 Å². The van der Waals surface area contributed by atoms with Gasteiger partial charge in [-0.3, -0.25) is 4.79 Å². The fraction of sp³-hybridized carbons (Fsp3) is 0.533. The first kappa shape index (κ1) is 14.8. The topological polar surface area (TPSA) is 72.3 Å². The Morgan fingerprint density at radius 2 is 2.10 bits per heavy atom. The Morgan fingerprint density at radius 3 is 2.65 bits per heavy atom. The van der Waals surface area contributed by atoms with Crippen LogP contribution < -0.4 is 16.4 Å². The maximum atomic E-state index is 13.9. The summed E-state index contributed by atoms with van der Waals surface area (Å²) in [6.07, 6.45) is 2.24. The minimum absolute atomic E-state index is 0.245. The summed E-state index contributed by atoms with van der Waals surface area (Å²) in [4.78, 5) is 13.1. The van der Waals surface area contributed by atoms with Crippen LogP contribution in [0.3, 0.4) is 0 Å². The van der Waals surface area contributed by atoms with Gasteiger partial charge in [-0.15, -0.1) is 0 Å². The second-order valence-electron chi connectivity index (χ2n) is 5.56. The van der Waals surface area contributed by atoms with Crippen molar-refractivity contribution in [3.8, 4) is 0 Å². The lowest BCUT2D eigenvalue weighted by Crippen LogP contribution is -2.36. The number of piperidine rings is 1. The molecule has 1 saturated heterocycles. The van der Waals surface area contributed by atoms with Crippen molar-refractivity contribution >= 4 is 11.6 Å². The maximum absolute atomic E-state index is 13.9. The predicted octanol–water partition coefficient (Wildman–Crippen LogP) is 1.94. The second kappa shape index (κ2) is 6.22. The van der Waals surface area contributed by atoms with Gasteiger partial charge in [0.1, 0.15) is 5.82 Å². The number of anilines is 1. The molecule has 1 atom stereocenters. The zero-order valence-electron chi connectivity index (χ0n) is 11.8. The molecule has 2 rings (SSSR count). The van der Waals surface area contributed by atoms with E-state index in [9.17, 15) is 9.18 Å². The van der Waals surface area contributed by atoms with Gasteiger partial charge >= 0.3 is 0 Å². The summed E-state index contributed by atoms with van der Waals surface area (Å²) in [6, 6.07) is 4.74. The fourth-order valence-electron chi connectivity index (χ4n) is 2.91. The van der Waals surface area contributed by atoms with Gasteiger partial charge in [-0.2, -0.15) is 0 Å². The van der Waals surface area contributed by atoms with Crippen molar-refractivity contribution < 1.29 is 9.18 Å². The largest absolute Gasteiger partial charge is 0.371 e. The van der Waals surface area contributed by atoms with Gasteiger partial charge < -0.3 is 16.4 Å². The Labute approximate surface area is 118 Å². The van der Waals surface area contributed by atoms with Crippen molar-refractivity contribution in [3.63, 3.8) is 0 Å². The monoisotopic (exact) mass is 279 g/mol. The molecular weight excluding hydrogens is 257 g/mol. The number of nitrogens with two attached hydrogens (primary N) is 2. The summed E-state index contributed by atoms with van der Waals surface area (Å²) in [7, 11) is 0. The number of rotatable bonds is 4. The Hall–Kier alpha value is -1.62. The Bertz CT molecular complexity index is 482. The normalized spacial score (nSPS) is 18.1. The van der Waals surface area contributed by atoms with E-state index in [1.165, 1.54) is 6.07 Å². The van der Waals surface area contributed by atoms with Crippen LogP contribution in [0.5, 0.6) is 0 Å². The van der Waals surface area contributed by atoms with Gasteiger partial charge in [0.15, 0.2) is 0 Å². The first-order chi connectivity index (χ1) is 9.49. The van der Waals surface area contributed by atoms with Gasteiger partial charge in [0.25, 0.3) is 0 Å². The van der Waals surface area contributed by atoms with E-state index in [2.05, 4.69) is 4.90 Å². The van der Waals surface area contributed by atoms with Gasteiger partial charge in [-0.1, -0.05) is 6.07 Å². The summed E-state index contributed by atoms with van der Waals surface area (Å²) in [5.74, 6) is -0.154. The van der Waals surface area contributed by atoms with E-state index in [-0.39, 0.29) is 17.8 Å². The average molecular weight is 279 g/mol. The number of carbonyl (C=O) groups is 1. The number of hydrogen-bond acceptors (Lipinski definition) is 3. The predicted molar refractivity (Wildman–Crippen MR) is 77.8 cm³/mol. The quantitative estimate of drug-likeness (QED) is 0.884. The molecule has 20 heavy (non-hydrogen) atoms. The molecule has 4 nitrogen and oxygen atoms in total. The molecular formula is C15H22FN3O. The third kappa shape index (κ3) is 3.28. The third-order valence-electron chi connectivity index (χ3n) is 3.93. The molecule has 1 aliphatic rings. The highest BCUT2D eigenvalue weighted by Gasteiger charge is 2.24. The summed E-state index contributed by atoms with van der Waals surface area (Å²) in [5.41, 5.74) is 12.6. The highest BCUT2D eigenvalue weighted by Crippen LogP contribution is 2.31. The smallest absolute Gasteiger partial charge is 0.217 e. The van der Waals surface area contributed by atoms with E-state index in [0.717, 1.165) is 31.6 Å². The molecule has 5 heteroatoms. The van der Waals surface area contributed by atoms with E-state index in [4.69, 9.17) is 11.5 Å². The maximum Gasteiger partial charge on any atom is 0.217 e. The van der Waals surface area contributed by atoms with E-state index >= 15 is 0 Å². The molecule has 1 aromatic carbocycles. The molecule has 1 fully saturated rings. The number of nitrogens with zero attached hydrogens (tertiary/aromatic N) is 1. The molecule has 1 aliphatic heterocycles. The lowest BCUT2D eigenvalue weighted by Gasteiger charge is -2.35.